The first-order valence-electron chi connectivity index (χ1n) is 24.3. The van der Waals surface area contributed by atoms with Crippen molar-refractivity contribution in [1.82, 2.24) is 19.4 Å². The van der Waals surface area contributed by atoms with Crippen LogP contribution in [0.1, 0.15) is 118 Å². The predicted molar refractivity (Wildman–Crippen MR) is 255 cm³/mol. The summed E-state index contributed by atoms with van der Waals surface area (Å²) in [6.45, 7) is 5.08. The molecule has 1 saturated heterocycles. The van der Waals surface area contributed by atoms with Gasteiger partial charge in [0, 0.05) is 66.2 Å². The van der Waals surface area contributed by atoms with Crippen LogP contribution in [0.2, 0.25) is 0 Å². The number of benzene rings is 3. The number of likely N-dealkylation sites (N-methyl/N-ethyl adjacent to an activating group) is 1. The van der Waals surface area contributed by atoms with Gasteiger partial charge in [-0.1, -0.05) is 61.4 Å². The topological polar surface area (TPSA) is 184 Å². The Morgan fingerprint density at radius 3 is 2.13 bits per heavy atom. The number of nitrogens with zero attached hydrogens (tertiary/aromatic N) is 4. The zero-order chi connectivity index (χ0) is 47.5. The number of carbonyl (C=O) groups excluding carboxylic acids is 5. The van der Waals surface area contributed by atoms with Gasteiger partial charge in [-0.15, -0.1) is 0 Å². The van der Waals surface area contributed by atoms with Crippen LogP contribution < -0.4 is 21.6 Å². The molecule has 67 heavy (non-hydrogen) atoms. The number of carbonyl (C=O) groups is 5. The maximum atomic E-state index is 13.8. The summed E-state index contributed by atoms with van der Waals surface area (Å²) in [6.07, 6.45) is 10.8. The Balaban J connectivity index is 0.728. The number of likely N-dealkylation sites (tertiary alicyclic amines) is 1. The molecular formula is C52H68N6O9. The van der Waals surface area contributed by atoms with Gasteiger partial charge < -0.3 is 25.3 Å². The van der Waals surface area contributed by atoms with Crippen LogP contribution in [0.5, 0.6) is 0 Å². The Bertz CT molecular complexity index is 2440. The van der Waals surface area contributed by atoms with E-state index in [1.165, 1.54) is 17.2 Å². The van der Waals surface area contributed by atoms with Crippen LogP contribution in [-0.2, 0) is 77.5 Å². The molecule has 0 aliphatic carbocycles. The lowest BCUT2D eigenvalue weighted by molar-refractivity contribution is -0.149. The Hall–Kier alpha value is -5.64. The first kappa shape index (κ1) is 49.3. The van der Waals surface area contributed by atoms with Crippen molar-refractivity contribution in [1.29, 1.82) is 0 Å². The molecule has 1 fully saturated rings. The quantitative estimate of drug-likeness (QED) is 0.0616. The molecule has 15 heteroatoms. The van der Waals surface area contributed by atoms with Gasteiger partial charge in [-0.2, -0.15) is 0 Å². The lowest BCUT2D eigenvalue weighted by Gasteiger charge is -2.29. The SMILES string of the molecule is C[C@@H](OCc1ccc(CCCOCCCCCCOCCCc2ccc3c(c2)n(C)c(=O)n3C2CCC(=O)N(C)C2=O)cc1)[C@H](CCC(N)=O)NC(=O)[C@@H]1Cc2cccc3c2N1C(=O)CCC3. The lowest BCUT2D eigenvalue weighted by Crippen LogP contribution is -2.53. The van der Waals surface area contributed by atoms with Crippen LogP contribution in [0.3, 0.4) is 0 Å². The van der Waals surface area contributed by atoms with Gasteiger partial charge in [-0.05, 0) is 111 Å². The van der Waals surface area contributed by atoms with Gasteiger partial charge >= 0.3 is 5.69 Å². The van der Waals surface area contributed by atoms with E-state index < -0.39 is 30.1 Å². The van der Waals surface area contributed by atoms with Gasteiger partial charge in [0.05, 0.1) is 35.5 Å². The number of hydrogen-bond donors (Lipinski definition) is 2. The van der Waals surface area contributed by atoms with E-state index in [1.807, 2.05) is 43.3 Å². The molecule has 1 unspecified atom stereocenters. The summed E-state index contributed by atoms with van der Waals surface area (Å²) in [5.41, 5.74) is 13.1. The monoisotopic (exact) mass is 921 g/mol. The van der Waals surface area contributed by atoms with Crippen LogP contribution in [0.15, 0.2) is 65.5 Å². The van der Waals surface area contributed by atoms with Crippen molar-refractivity contribution in [3.63, 3.8) is 0 Å². The number of para-hydroxylation sites is 1. The molecule has 4 aromatic rings. The molecule has 3 aromatic carbocycles. The number of hydrogen-bond acceptors (Lipinski definition) is 9. The molecule has 4 atom stereocenters. The van der Waals surface area contributed by atoms with Crippen molar-refractivity contribution in [2.24, 2.45) is 12.8 Å². The summed E-state index contributed by atoms with van der Waals surface area (Å²) in [5.74, 6) is -1.28. The molecule has 0 spiro atoms. The number of imide groups is 1. The summed E-state index contributed by atoms with van der Waals surface area (Å²) < 4.78 is 21.2. The maximum absolute atomic E-state index is 13.8. The van der Waals surface area contributed by atoms with Crippen LogP contribution in [0.25, 0.3) is 11.0 Å². The molecule has 3 N–H and O–H groups in total. The number of nitrogens with two attached hydrogens (primary N) is 1. The Kier molecular flexibility index (Phi) is 17.2. The molecule has 0 bridgehead atoms. The van der Waals surface area contributed by atoms with Crippen LogP contribution in [-0.4, -0.2) is 95.2 Å². The second-order valence-electron chi connectivity index (χ2n) is 18.4. The van der Waals surface area contributed by atoms with Crippen molar-refractivity contribution in [3.8, 4) is 0 Å². The third-order valence-electron chi connectivity index (χ3n) is 13.6. The summed E-state index contributed by atoms with van der Waals surface area (Å²) in [7, 11) is 3.19. The number of imidazole rings is 1. The first-order chi connectivity index (χ1) is 32.4. The number of aromatic nitrogens is 2. The second kappa shape index (κ2) is 23.4. The average Bonchev–Trinajstić information content (AvgIpc) is 3.77. The first-order valence-corrected chi connectivity index (χ1v) is 24.3. The van der Waals surface area contributed by atoms with Crippen LogP contribution in [0.4, 0.5) is 5.69 Å². The zero-order valence-corrected chi connectivity index (χ0v) is 39.5. The van der Waals surface area contributed by atoms with E-state index in [1.54, 1.807) is 16.5 Å². The molecule has 1 aromatic heterocycles. The number of anilines is 1. The fourth-order valence-electron chi connectivity index (χ4n) is 9.71. The summed E-state index contributed by atoms with van der Waals surface area (Å²) in [4.78, 5) is 79.5. The van der Waals surface area contributed by atoms with E-state index in [9.17, 15) is 28.8 Å². The van der Waals surface area contributed by atoms with Crippen molar-refractivity contribution in [3.05, 3.63) is 99.0 Å². The van der Waals surface area contributed by atoms with Gasteiger partial charge in [-0.25, -0.2) is 4.79 Å². The normalized spacial score (nSPS) is 18.0. The molecule has 360 valence electrons. The van der Waals surface area contributed by atoms with E-state index in [2.05, 4.69) is 29.6 Å². The average molecular weight is 921 g/mol. The number of aryl methyl sites for hydroxylation is 4. The molecule has 4 heterocycles. The zero-order valence-electron chi connectivity index (χ0n) is 39.5. The Morgan fingerprint density at radius 1 is 0.761 bits per heavy atom. The molecule has 15 nitrogen and oxygen atoms in total. The van der Waals surface area contributed by atoms with Crippen molar-refractivity contribution in [2.75, 3.05) is 38.4 Å². The van der Waals surface area contributed by atoms with Crippen LogP contribution in [0, 0.1) is 0 Å². The van der Waals surface area contributed by atoms with Gasteiger partial charge in [0.25, 0.3) is 5.91 Å². The van der Waals surface area contributed by atoms with Gasteiger partial charge in [0.1, 0.15) is 12.1 Å². The van der Waals surface area contributed by atoms with E-state index >= 15 is 0 Å². The van der Waals surface area contributed by atoms with Gasteiger partial charge in [0.2, 0.25) is 23.6 Å². The summed E-state index contributed by atoms with van der Waals surface area (Å²) >= 11 is 0. The highest BCUT2D eigenvalue weighted by molar-refractivity contribution is 6.05. The third-order valence-corrected chi connectivity index (χ3v) is 13.6. The highest BCUT2D eigenvalue weighted by Gasteiger charge is 2.41. The number of rotatable bonds is 25. The minimum atomic E-state index is -0.672. The highest BCUT2D eigenvalue weighted by Crippen LogP contribution is 2.39. The van der Waals surface area contributed by atoms with Gasteiger partial charge in [-0.3, -0.25) is 42.9 Å². The lowest BCUT2D eigenvalue weighted by atomic mass is 10.0. The third kappa shape index (κ3) is 12.3. The van der Waals surface area contributed by atoms with Crippen LogP contribution >= 0.6 is 0 Å². The number of amides is 5. The van der Waals surface area contributed by atoms with Gasteiger partial charge in [0.15, 0.2) is 0 Å². The summed E-state index contributed by atoms with van der Waals surface area (Å²) in [5, 5.41) is 3.12. The molecule has 0 radical (unpaired) electrons. The van der Waals surface area contributed by atoms with E-state index in [0.29, 0.717) is 51.0 Å². The molecule has 0 saturated carbocycles. The Morgan fingerprint density at radius 2 is 1.42 bits per heavy atom. The minimum absolute atomic E-state index is 0.0304. The number of unbranched alkanes of at least 4 members (excludes halogenated alkanes) is 3. The minimum Gasteiger partial charge on any atom is -0.381 e. The fourth-order valence-corrected chi connectivity index (χ4v) is 9.71. The molecular weight excluding hydrogens is 853 g/mol. The maximum Gasteiger partial charge on any atom is 0.329 e. The summed E-state index contributed by atoms with van der Waals surface area (Å²) in [6, 6.07) is 18.5. The highest BCUT2D eigenvalue weighted by atomic mass is 16.5. The standard InChI is InChI=1S/C52H68N6O9/c1-35(41(23-26-46(53)59)54-50(62)45-33-40-16-8-14-39-15-9-17-48(61)58(45)49(39)40)67-34-38-20-18-36(19-21-38)12-10-30-65-28-6-4-5-7-29-66-31-11-13-37-22-24-42-44(32-37)55(2)52(64)57(42)43-25-27-47(60)56(3)51(43)63/h8,14,16,18-22,24,32,35,41,43,45H,4-7,9-13,15,17,23,25-31,33-34H2,1-3H3,(H2,53,59)(H,54,62)/t35-,41+,43?,45+/m1/s1. The van der Waals surface area contributed by atoms with E-state index in [0.717, 1.165) is 116 Å². The molecule has 5 amide bonds. The molecule has 3 aliphatic heterocycles. The number of piperidine rings is 1. The van der Waals surface area contributed by atoms with E-state index in [4.69, 9.17) is 19.9 Å². The predicted octanol–water partition coefficient (Wildman–Crippen LogP) is 5.77. The Labute approximate surface area is 393 Å². The number of nitrogens with one attached hydrogen (secondary N) is 1. The van der Waals surface area contributed by atoms with Crippen molar-refractivity contribution in [2.45, 2.75) is 140 Å². The number of ether oxygens (including phenoxy) is 3. The second-order valence-corrected chi connectivity index (χ2v) is 18.4. The molecule has 7 rings (SSSR count). The molecule has 3 aliphatic rings. The van der Waals surface area contributed by atoms with E-state index in [-0.39, 0.29) is 42.2 Å². The number of primary amides is 1. The number of fused-ring (bicyclic) bond motifs is 1. The fraction of sp³-hybridized carbons (Fsp3) is 0.538. The van der Waals surface area contributed by atoms with Crippen molar-refractivity contribution < 1.29 is 38.2 Å². The smallest absolute Gasteiger partial charge is 0.329 e. The van der Waals surface area contributed by atoms with Crippen molar-refractivity contribution >= 4 is 46.3 Å². The largest absolute Gasteiger partial charge is 0.381 e.